The molecule has 0 saturated carbocycles. The first-order valence-electron chi connectivity index (χ1n) is 8.85. The number of hydrogen-bond donors (Lipinski definition) is 1. The lowest BCUT2D eigenvalue weighted by atomic mass is 10.2. The molecule has 4 aromatic rings. The Balaban J connectivity index is 1.66. The SMILES string of the molecule is O=C(Nc1cccc(N(c2ccncc2)c2ncccn2)c1)c1ccc(Cl)cc1. The van der Waals surface area contributed by atoms with Gasteiger partial charge in [0, 0.05) is 41.1 Å². The van der Waals surface area contributed by atoms with Crippen molar-refractivity contribution in [2.45, 2.75) is 0 Å². The Kier molecular flexibility index (Phi) is 5.45. The van der Waals surface area contributed by atoms with Gasteiger partial charge in [-0.1, -0.05) is 17.7 Å². The van der Waals surface area contributed by atoms with Crippen molar-refractivity contribution in [3.05, 3.63) is 102 Å². The van der Waals surface area contributed by atoms with E-state index in [-0.39, 0.29) is 5.91 Å². The number of aromatic nitrogens is 3. The van der Waals surface area contributed by atoms with Gasteiger partial charge in [0.1, 0.15) is 0 Å². The summed E-state index contributed by atoms with van der Waals surface area (Å²) < 4.78 is 0. The van der Waals surface area contributed by atoms with Gasteiger partial charge in [0.2, 0.25) is 5.95 Å². The minimum Gasteiger partial charge on any atom is -0.322 e. The van der Waals surface area contributed by atoms with Crippen LogP contribution in [0.4, 0.5) is 23.0 Å². The first-order valence-corrected chi connectivity index (χ1v) is 9.23. The summed E-state index contributed by atoms with van der Waals surface area (Å²) >= 11 is 5.90. The van der Waals surface area contributed by atoms with E-state index in [0.717, 1.165) is 11.4 Å². The van der Waals surface area contributed by atoms with Crippen molar-refractivity contribution in [1.29, 1.82) is 0 Å². The highest BCUT2D eigenvalue weighted by Crippen LogP contribution is 2.32. The Morgan fingerprint density at radius 2 is 1.55 bits per heavy atom. The summed E-state index contributed by atoms with van der Waals surface area (Å²) in [6.45, 7) is 0. The highest BCUT2D eigenvalue weighted by atomic mass is 35.5. The summed E-state index contributed by atoms with van der Waals surface area (Å²) in [6, 6.07) is 19.7. The van der Waals surface area contributed by atoms with Gasteiger partial charge in [-0.3, -0.25) is 14.7 Å². The molecule has 2 aromatic heterocycles. The van der Waals surface area contributed by atoms with E-state index in [1.165, 1.54) is 0 Å². The van der Waals surface area contributed by atoms with Crippen molar-refractivity contribution in [2.75, 3.05) is 10.2 Å². The van der Waals surface area contributed by atoms with Crippen LogP contribution in [0.3, 0.4) is 0 Å². The first kappa shape index (κ1) is 18.6. The predicted octanol–water partition coefficient (Wildman–Crippen LogP) is 5.25. The van der Waals surface area contributed by atoms with Gasteiger partial charge in [-0.15, -0.1) is 0 Å². The first-order chi connectivity index (χ1) is 14.2. The van der Waals surface area contributed by atoms with E-state index < -0.39 is 0 Å². The highest BCUT2D eigenvalue weighted by Gasteiger charge is 2.15. The molecule has 0 aliphatic heterocycles. The Morgan fingerprint density at radius 3 is 2.28 bits per heavy atom. The Hall–Kier alpha value is -3.77. The minimum atomic E-state index is -0.217. The zero-order valence-corrected chi connectivity index (χ0v) is 16.0. The molecule has 142 valence electrons. The van der Waals surface area contributed by atoms with Crippen molar-refractivity contribution in [3.63, 3.8) is 0 Å². The molecule has 0 spiro atoms. The normalized spacial score (nSPS) is 10.4. The van der Waals surface area contributed by atoms with Gasteiger partial charge in [-0.2, -0.15) is 0 Å². The lowest BCUT2D eigenvalue weighted by Crippen LogP contribution is -2.15. The van der Waals surface area contributed by atoms with Crippen LogP contribution in [0.5, 0.6) is 0 Å². The minimum absolute atomic E-state index is 0.217. The fraction of sp³-hybridized carbons (Fsp3) is 0. The number of amides is 1. The molecule has 0 fully saturated rings. The molecule has 0 unspecified atom stereocenters. The molecule has 4 rings (SSSR count). The van der Waals surface area contributed by atoms with Gasteiger partial charge in [-0.05, 0) is 60.7 Å². The summed E-state index contributed by atoms with van der Waals surface area (Å²) in [5.74, 6) is 0.296. The van der Waals surface area contributed by atoms with Gasteiger partial charge in [0.25, 0.3) is 5.91 Å². The average molecular weight is 402 g/mol. The van der Waals surface area contributed by atoms with E-state index >= 15 is 0 Å². The Labute approximate surface area is 172 Å². The number of hydrogen-bond acceptors (Lipinski definition) is 5. The largest absolute Gasteiger partial charge is 0.322 e. The van der Waals surface area contributed by atoms with Crippen LogP contribution in [0.15, 0.2) is 91.5 Å². The predicted molar refractivity (Wildman–Crippen MR) is 114 cm³/mol. The van der Waals surface area contributed by atoms with Crippen LogP contribution >= 0.6 is 11.6 Å². The smallest absolute Gasteiger partial charge is 0.255 e. The molecule has 1 N–H and O–H groups in total. The summed E-state index contributed by atoms with van der Waals surface area (Å²) in [5, 5.41) is 3.50. The summed E-state index contributed by atoms with van der Waals surface area (Å²) in [5.41, 5.74) is 2.83. The number of nitrogens with zero attached hydrogens (tertiary/aromatic N) is 4. The molecule has 0 bridgehead atoms. The van der Waals surface area contributed by atoms with E-state index in [1.54, 1.807) is 55.1 Å². The quantitative estimate of drug-likeness (QED) is 0.494. The Bertz CT molecular complexity index is 1070. The zero-order chi connectivity index (χ0) is 20.1. The van der Waals surface area contributed by atoms with Crippen LogP contribution in [-0.2, 0) is 0 Å². The molecular weight excluding hydrogens is 386 g/mol. The number of anilines is 4. The second-order valence-electron chi connectivity index (χ2n) is 6.10. The zero-order valence-electron chi connectivity index (χ0n) is 15.2. The van der Waals surface area contributed by atoms with Crippen molar-refractivity contribution in [3.8, 4) is 0 Å². The third-order valence-electron chi connectivity index (χ3n) is 4.14. The van der Waals surface area contributed by atoms with Gasteiger partial charge < -0.3 is 5.32 Å². The molecule has 6 nitrogen and oxygen atoms in total. The second kappa shape index (κ2) is 8.50. The fourth-order valence-electron chi connectivity index (χ4n) is 2.81. The second-order valence-corrected chi connectivity index (χ2v) is 6.54. The molecule has 0 atom stereocenters. The van der Waals surface area contributed by atoms with E-state index in [4.69, 9.17) is 11.6 Å². The van der Waals surface area contributed by atoms with Crippen LogP contribution < -0.4 is 10.2 Å². The van der Waals surface area contributed by atoms with Crippen molar-refractivity contribution < 1.29 is 4.79 Å². The molecule has 0 aliphatic carbocycles. The van der Waals surface area contributed by atoms with Crippen LogP contribution in [-0.4, -0.2) is 20.9 Å². The molecule has 0 radical (unpaired) electrons. The standard InChI is InChI=1S/C22H16ClN5O/c23-17-7-5-16(6-8-17)21(29)27-18-3-1-4-20(15-18)28(19-9-13-24-14-10-19)22-25-11-2-12-26-22/h1-15H,(H,27,29). The summed E-state index contributed by atoms with van der Waals surface area (Å²) in [4.78, 5) is 27.3. The number of carbonyl (C=O) groups is 1. The average Bonchev–Trinajstić information content (AvgIpc) is 2.76. The number of carbonyl (C=O) groups excluding carboxylic acids is 1. The molecule has 7 heteroatoms. The van der Waals surface area contributed by atoms with E-state index in [9.17, 15) is 4.79 Å². The molecule has 0 aliphatic rings. The van der Waals surface area contributed by atoms with Crippen LogP contribution in [0.2, 0.25) is 5.02 Å². The highest BCUT2D eigenvalue weighted by molar-refractivity contribution is 6.30. The van der Waals surface area contributed by atoms with Gasteiger partial charge in [0.05, 0.1) is 11.4 Å². The maximum Gasteiger partial charge on any atom is 0.255 e. The molecule has 29 heavy (non-hydrogen) atoms. The third-order valence-corrected chi connectivity index (χ3v) is 4.39. The molecule has 0 saturated heterocycles. The van der Waals surface area contributed by atoms with Crippen molar-refractivity contribution in [1.82, 2.24) is 15.0 Å². The van der Waals surface area contributed by atoms with Gasteiger partial charge in [-0.25, -0.2) is 9.97 Å². The van der Waals surface area contributed by atoms with Crippen LogP contribution in [0.25, 0.3) is 0 Å². The van der Waals surface area contributed by atoms with Gasteiger partial charge in [0.15, 0.2) is 0 Å². The number of benzene rings is 2. The van der Waals surface area contributed by atoms with Gasteiger partial charge >= 0.3 is 0 Å². The third kappa shape index (κ3) is 4.39. The van der Waals surface area contributed by atoms with Crippen molar-refractivity contribution >= 4 is 40.5 Å². The maximum atomic E-state index is 12.5. The number of nitrogens with one attached hydrogen (secondary N) is 1. The molecule has 2 aromatic carbocycles. The molecule has 2 heterocycles. The topological polar surface area (TPSA) is 71.0 Å². The van der Waals surface area contributed by atoms with Crippen molar-refractivity contribution in [2.24, 2.45) is 0 Å². The monoisotopic (exact) mass is 401 g/mol. The van der Waals surface area contributed by atoms with Crippen LogP contribution in [0, 0.1) is 0 Å². The summed E-state index contributed by atoms with van der Waals surface area (Å²) in [6.07, 6.45) is 6.78. The lowest BCUT2D eigenvalue weighted by molar-refractivity contribution is 0.102. The fourth-order valence-corrected chi connectivity index (χ4v) is 2.93. The molecule has 1 amide bonds. The van der Waals surface area contributed by atoms with E-state index in [1.807, 2.05) is 41.3 Å². The summed E-state index contributed by atoms with van der Waals surface area (Å²) in [7, 11) is 0. The number of pyridine rings is 1. The number of rotatable bonds is 5. The van der Waals surface area contributed by atoms with E-state index in [0.29, 0.717) is 22.2 Å². The van der Waals surface area contributed by atoms with Crippen LogP contribution in [0.1, 0.15) is 10.4 Å². The molecular formula is C22H16ClN5O. The maximum absolute atomic E-state index is 12.5. The lowest BCUT2D eigenvalue weighted by Gasteiger charge is -2.23. The van der Waals surface area contributed by atoms with E-state index in [2.05, 4.69) is 20.3 Å². The Morgan fingerprint density at radius 1 is 0.828 bits per heavy atom. The number of halogens is 1.